The molecule has 2 heterocycles. The van der Waals surface area contributed by atoms with Gasteiger partial charge in [-0.2, -0.15) is 0 Å². The van der Waals surface area contributed by atoms with E-state index in [0.29, 0.717) is 30.1 Å². The molecule has 1 saturated carbocycles. The predicted octanol–water partition coefficient (Wildman–Crippen LogP) is 5.51. The molecule has 0 spiro atoms. The lowest BCUT2D eigenvalue weighted by atomic mass is 9.92. The molecule has 0 bridgehead atoms. The summed E-state index contributed by atoms with van der Waals surface area (Å²) in [5, 5.41) is 6.85. The highest BCUT2D eigenvalue weighted by atomic mass is 16.5. The Labute approximate surface area is 188 Å². The number of benzene rings is 1. The van der Waals surface area contributed by atoms with E-state index in [-0.39, 0.29) is 23.0 Å². The second-order valence-electron chi connectivity index (χ2n) is 9.58. The van der Waals surface area contributed by atoms with Crippen molar-refractivity contribution in [1.29, 1.82) is 0 Å². The number of ketones is 1. The van der Waals surface area contributed by atoms with Gasteiger partial charge in [0, 0.05) is 30.0 Å². The fourth-order valence-corrected chi connectivity index (χ4v) is 3.54. The van der Waals surface area contributed by atoms with Crippen LogP contribution in [0.2, 0.25) is 0 Å². The van der Waals surface area contributed by atoms with E-state index in [0.717, 1.165) is 35.1 Å². The lowest BCUT2D eigenvalue weighted by Gasteiger charge is -2.12. The smallest absolute Gasteiger partial charge is 0.228 e. The van der Waals surface area contributed by atoms with Crippen LogP contribution in [0.4, 0.5) is 5.82 Å². The van der Waals surface area contributed by atoms with Gasteiger partial charge in [0.05, 0.1) is 0 Å². The third-order valence-corrected chi connectivity index (χ3v) is 5.79. The second-order valence-corrected chi connectivity index (χ2v) is 9.58. The highest BCUT2D eigenvalue weighted by Gasteiger charge is 2.29. The maximum absolute atomic E-state index is 12.6. The van der Waals surface area contributed by atoms with Gasteiger partial charge in [0.2, 0.25) is 5.91 Å². The molecule has 1 fully saturated rings. The number of pyridine rings is 1. The quantitative estimate of drug-likeness (QED) is 0.499. The molecule has 0 aliphatic heterocycles. The van der Waals surface area contributed by atoms with Crippen molar-refractivity contribution >= 4 is 17.5 Å². The molecule has 0 saturated heterocycles. The number of hydrogen-bond donors (Lipinski definition) is 1. The van der Waals surface area contributed by atoms with Crippen LogP contribution in [-0.2, 0) is 16.6 Å². The summed E-state index contributed by atoms with van der Waals surface area (Å²) in [6, 6.07) is 11.8. The van der Waals surface area contributed by atoms with Crippen molar-refractivity contribution in [3.63, 3.8) is 0 Å². The van der Waals surface area contributed by atoms with Crippen molar-refractivity contribution in [2.75, 3.05) is 5.32 Å². The zero-order valence-electron chi connectivity index (χ0n) is 19.1. The highest BCUT2D eigenvalue weighted by Crippen LogP contribution is 2.31. The Balaban J connectivity index is 1.41. The van der Waals surface area contributed by atoms with Crippen LogP contribution in [0.25, 0.3) is 11.1 Å². The van der Waals surface area contributed by atoms with E-state index in [9.17, 15) is 9.59 Å². The molecule has 32 heavy (non-hydrogen) atoms. The first-order valence-electron chi connectivity index (χ1n) is 11.1. The van der Waals surface area contributed by atoms with Gasteiger partial charge in [0.15, 0.2) is 5.78 Å². The molecule has 1 amide bonds. The SMILES string of the molecule is Cc1cc(-c2ccnc(NC(=O)C3CC3)c2)ccc1CCC(=O)c1cc(C(C)(C)C)on1. The summed E-state index contributed by atoms with van der Waals surface area (Å²) < 4.78 is 5.34. The zero-order valence-corrected chi connectivity index (χ0v) is 19.1. The van der Waals surface area contributed by atoms with Gasteiger partial charge in [-0.05, 0) is 60.6 Å². The number of Topliss-reactive ketones (excluding diaryl/α,β-unsaturated/α-hetero) is 1. The van der Waals surface area contributed by atoms with E-state index >= 15 is 0 Å². The number of anilines is 1. The molecule has 1 aliphatic rings. The van der Waals surface area contributed by atoms with Crippen LogP contribution >= 0.6 is 0 Å². The van der Waals surface area contributed by atoms with E-state index < -0.39 is 0 Å². The summed E-state index contributed by atoms with van der Waals surface area (Å²) in [5.74, 6) is 1.47. The van der Waals surface area contributed by atoms with Gasteiger partial charge in [-0.3, -0.25) is 9.59 Å². The summed E-state index contributed by atoms with van der Waals surface area (Å²) >= 11 is 0. The van der Waals surface area contributed by atoms with Gasteiger partial charge in [0.1, 0.15) is 17.3 Å². The first kappa shape index (κ1) is 21.9. The molecule has 0 unspecified atom stereocenters. The molecule has 1 aromatic carbocycles. The Morgan fingerprint density at radius 3 is 2.50 bits per heavy atom. The second kappa shape index (κ2) is 8.69. The van der Waals surface area contributed by atoms with E-state index in [4.69, 9.17) is 4.52 Å². The van der Waals surface area contributed by atoms with Crippen LogP contribution in [0.1, 0.15) is 67.4 Å². The van der Waals surface area contributed by atoms with Gasteiger partial charge in [-0.15, -0.1) is 0 Å². The van der Waals surface area contributed by atoms with E-state index in [1.165, 1.54) is 0 Å². The van der Waals surface area contributed by atoms with Gasteiger partial charge in [-0.1, -0.05) is 44.1 Å². The average molecular weight is 432 g/mol. The van der Waals surface area contributed by atoms with Crippen LogP contribution in [0.3, 0.4) is 0 Å². The number of nitrogens with one attached hydrogen (secondary N) is 1. The molecule has 4 rings (SSSR count). The average Bonchev–Trinajstić information content (AvgIpc) is 3.48. The Morgan fingerprint density at radius 1 is 1.09 bits per heavy atom. The lowest BCUT2D eigenvalue weighted by Crippen LogP contribution is -2.14. The van der Waals surface area contributed by atoms with Crippen LogP contribution in [-0.4, -0.2) is 21.8 Å². The third kappa shape index (κ3) is 5.13. The number of hydrogen-bond acceptors (Lipinski definition) is 5. The molecular formula is C26H29N3O3. The van der Waals surface area contributed by atoms with Crippen LogP contribution in [0, 0.1) is 12.8 Å². The van der Waals surface area contributed by atoms with Crippen molar-refractivity contribution in [2.45, 2.75) is 58.8 Å². The maximum atomic E-state index is 12.6. The summed E-state index contributed by atoms with van der Waals surface area (Å²) in [6.07, 6.45) is 4.65. The standard InChI is InChI=1S/C26H29N3O3/c1-16-13-19(20-11-12-27-24(14-20)28-25(31)18-6-7-18)8-5-17(16)9-10-22(30)21-15-23(32-29-21)26(2,3)4/h5,8,11-15,18H,6-7,9-10H2,1-4H3,(H,27,28,31). The van der Waals surface area contributed by atoms with Crippen molar-refractivity contribution in [2.24, 2.45) is 5.92 Å². The van der Waals surface area contributed by atoms with Crippen LogP contribution in [0.5, 0.6) is 0 Å². The highest BCUT2D eigenvalue weighted by molar-refractivity contribution is 5.94. The van der Waals surface area contributed by atoms with E-state index in [2.05, 4.69) is 27.6 Å². The number of aromatic nitrogens is 2. The van der Waals surface area contributed by atoms with Crippen LogP contribution in [0.15, 0.2) is 47.1 Å². The predicted molar refractivity (Wildman–Crippen MR) is 124 cm³/mol. The Bertz CT molecular complexity index is 1150. The molecule has 2 aromatic heterocycles. The normalized spacial score (nSPS) is 13.8. The third-order valence-electron chi connectivity index (χ3n) is 5.79. The Hall–Kier alpha value is -3.28. The number of carbonyl (C=O) groups is 2. The first-order chi connectivity index (χ1) is 15.2. The fourth-order valence-electron chi connectivity index (χ4n) is 3.54. The Kier molecular flexibility index (Phi) is 5.96. The summed E-state index contributed by atoms with van der Waals surface area (Å²) in [6.45, 7) is 8.13. The minimum absolute atomic E-state index is 0.0158. The molecule has 1 N–H and O–H groups in total. The van der Waals surface area contributed by atoms with Gasteiger partial charge >= 0.3 is 0 Å². The van der Waals surface area contributed by atoms with Crippen molar-refractivity contribution < 1.29 is 14.1 Å². The lowest BCUT2D eigenvalue weighted by molar-refractivity contribution is -0.117. The molecule has 3 aromatic rings. The topological polar surface area (TPSA) is 85.1 Å². The van der Waals surface area contributed by atoms with E-state index in [1.54, 1.807) is 12.3 Å². The minimum Gasteiger partial charge on any atom is -0.360 e. The molecule has 6 nitrogen and oxygen atoms in total. The van der Waals surface area contributed by atoms with Gasteiger partial charge in [-0.25, -0.2) is 4.98 Å². The monoisotopic (exact) mass is 431 g/mol. The molecule has 0 radical (unpaired) electrons. The molecule has 0 atom stereocenters. The number of rotatable bonds is 7. The minimum atomic E-state index is -0.175. The number of amides is 1. The molecule has 6 heteroatoms. The summed E-state index contributed by atoms with van der Waals surface area (Å²) in [5.41, 5.74) is 4.50. The van der Waals surface area contributed by atoms with Crippen LogP contribution < -0.4 is 5.32 Å². The first-order valence-corrected chi connectivity index (χ1v) is 11.1. The number of nitrogens with zero attached hydrogens (tertiary/aromatic N) is 2. The number of carbonyl (C=O) groups excluding carboxylic acids is 2. The Morgan fingerprint density at radius 2 is 1.84 bits per heavy atom. The number of aryl methyl sites for hydroxylation is 2. The summed E-state index contributed by atoms with van der Waals surface area (Å²) in [7, 11) is 0. The molecule has 1 aliphatic carbocycles. The molecular weight excluding hydrogens is 402 g/mol. The molecule has 166 valence electrons. The fraction of sp³-hybridized carbons (Fsp3) is 0.385. The van der Waals surface area contributed by atoms with Gasteiger partial charge < -0.3 is 9.84 Å². The van der Waals surface area contributed by atoms with Crippen molar-refractivity contribution in [3.8, 4) is 11.1 Å². The van der Waals surface area contributed by atoms with Crippen molar-refractivity contribution in [3.05, 3.63) is 65.2 Å². The summed E-state index contributed by atoms with van der Waals surface area (Å²) in [4.78, 5) is 28.9. The van der Waals surface area contributed by atoms with E-state index in [1.807, 2.05) is 45.9 Å². The largest absolute Gasteiger partial charge is 0.360 e. The van der Waals surface area contributed by atoms with Crippen molar-refractivity contribution in [1.82, 2.24) is 10.1 Å². The zero-order chi connectivity index (χ0) is 22.9. The maximum Gasteiger partial charge on any atom is 0.228 e. The van der Waals surface area contributed by atoms with Gasteiger partial charge in [0.25, 0.3) is 0 Å².